The van der Waals surface area contributed by atoms with Crippen molar-refractivity contribution < 1.29 is 0 Å². The van der Waals surface area contributed by atoms with Gasteiger partial charge in [0.15, 0.2) is 0 Å². The maximum atomic E-state index is 2.52. The number of thiophene rings is 1. The van der Waals surface area contributed by atoms with Crippen LogP contribution < -0.4 is 4.90 Å². The maximum Gasteiger partial charge on any atom is 0.0546 e. The molecule has 0 spiro atoms. The van der Waals surface area contributed by atoms with Crippen molar-refractivity contribution in [2.75, 3.05) is 4.90 Å². The van der Waals surface area contributed by atoms with Gasteiger partial charge in [-0.2, -0.15) is 0 Å². The van der Waals surface area contributed by atoms with Crippen LogP contribution in [0.5, 0.6) is 0 Å². The van der Waals surface area contributed by atoms with Crippen molar-refractivity contribution in [2.24, 2.45) is 0 Å². The Kier molecular flexibility index (Phi) is 9.00. The molecule has 0 radical (unpaired) electrons. The summed E-state index contributed by atoms with van der Waals surface area (Å²) in [5.41, 5.74) is 14.3. The van der Waals surface area contributed by atoms with Gasteiger partial charge in [0.05, 0.1) is 11.4 Å². The third kappa shape index (κ3) is 6.46. The van der Waals surface area contributed by atoms with Crippen molar-refractivity contribution in [3.8, 4) is 44.5 Å². The van der Waals surface area contributed by atoms with Crippen molar-refractivity contribution in [3.63, 3.8) is 0 Å². The van der Waals surface area contributed by atoms with Crippen LogP contribution in [-0.4, -0.2) is 0 Å². The monoisotopic (exact) mass is 761 g/mol. The average molecular weight is 762 g/mol. The van der Waals surface area contributed by atoms with Crippen molar-refractivity contribution in [1.29, 1.82) is 0 Å². The number of fused-ring (bicyclic) bond motifs is 4. The molecular weight excluding hydrogens is 719 g/mol. The second-order valence-corrected chi connectivity index (χ2v) is 17.2. The van der Waals surface area contributed by atoms with E-state index in [2.05, 4.69) is 232 Å². The minimum absolute atomic E-state index is 0.0870. The first-order valence-corrected chi connectivity index (χ1v) is 20.9. The van der Waals surface area contributed by atoms with Gasteiger partial charge in [0, 0.05) is 37.0 Å². The molecule has 9 aromatic carbocycles. The Bertz CT molecular complexity index is 3080. The summed E-state index contributed by atoms with van der Waals surface area (Å²) in [5, 5.41) is 4.98. The van der Waals surface area contributed by atoms with Crippen LogP contribution in [0.1, 0.15) is 26.3 Å². The summed E-state index contributed by atoms with van der Waals surface area (Å²) in [6.45, 7) is 6.82. The molecule has 0 saturated carbocycles. The summed E-state index contributed by atoms with van der Waals surface area (Å²) in [4.78, 5) is 2.52. The van der Waals surface area contributed by atoms with Gasteiger partial charge in [-0.25, -0.2) is 0 Å². The zero-order valence-corrected chi connectivity index (χ0v) is 33.8. The molecule has 1 heterocycles. The third-order valence-corrected chi connectivity index (χ3v) is 12.6. The molecule has 0 N–H and O–H groups in total. The second kappa shape index (κ2) is 14.6. The smallest absolute Gasteiger partial charge is 0.0546 e. The van der Waals surface area contributed by atoms with Crippen molar-refractivity contribution >= 4 is 59.3 Å². The molecule has 0 aliphatic rings. The summed E-state index contributed by atoms with van der Waals surface area (Å²) in [6.07, 6.45) is 0. The Morgan fingerprint density at radius 1 is 0.379 bits per heavy atom. The highest BCUT2D eigenvalue weighted by atomic mass is 32.1. The highest BCUT2D eigenvalue weighted by molar-refractivity contribution is 7.25. The van der Waals surface area contributed by atoms with Crippen LogP contribution >= 0.6 is 11.3 Å². The van der Waals surface area contributed by atoms with Gasteiger partial charge < -0.3 is 4.90 Å². The van der Waals surface area contributed by atoms with E-state index in [1.165, 1.54) is 81.0 Å². The molecule has 0 unspecified atom stereocenters. The van der Waals surface area contributed by atoms with Gasteiger partial charge in [0.2, 0.25) is 0 Å². The zero-order chi connectivity index (χ0) is 39.2. The number of rotatable bonds is 7. The van der Waals surface area contributed by atoms with Gasteiger partial charge >= 0.3 is 0 Å². The number of nitrogens with zero attached hydrogens (tertiary/aromatic N) is 1. The molecule has 0 aliphatic carbocycles. The summed E-state index contributed by atoms with van der Waals surface area (Å²) in [6, 6.07) is 76.0. The Hall–Kier alpha value is -6.74. The quantitative estimate of drug-likeness (QED) is 0.156. The largest absolute Gasteiger partial charge is 0.309 e. The van der Waals surface area contributed by atoms with Crippen LogP contribution in [0.25, 0.3) is 75.5 Å². The number of hydrogen-bond donors (Lipinski definition) is 0. The second-order valence-electron chi connectivity index (χ2n) is 16.1. The molecule has 1 aromatic heterocycles. The summed E-state index contributed by atoms with van der Waals surface area (Å²) in [5.74, 6) is 0. The fourth-order valence-electron chi connectivity index (χ4n) is 8.48. The maximum absolute atomic E-state index is 2.52. The first kappa shape index (κ1) is 35.7. The lowest BCUT2D eigenvalue weighted by Gasteiger charge is -2.31. The van der Waals surface area contributed by atoms with Crippen LogP contribution in [0, 0.1) is 0 Å². The fourth-order valence-corrected chi connectivity index (χ4v) is 9.57. The van der Waals surface area contributed by atoms with Gasteiger partial charge in [-0.15, -0.1) is 11.3 Å². The van der Waals surface area contributed by atoms with Crippen LogP contribution in [0.4, 0.5) is 17.1 Å². The van der Waals surface area contributed by atoms with Gasteiger partial charge in [0.1, 0.15) is 0 Å². The Morgan fingerprint density at radius 3 is 1.71 bits per heavy atom. The zero-order valence-electron chi connectivity index (χ0n) is 33.0. The van der Waals surface area contributed by atoms with Crippen LogP contribution in [0.15, 0.2) is 206 Å². The highest BCUT2D eigenvalue weighted by Crippen LogP contribution is 2.50. The van der Waals surface area contributed by atoms with E-state index in [1.54, 1.807) is 0 Å². The molecule has 0 atom stereocenters. The lowest BCUT2D eigenvalue weighted by Crippen LogP contribution is -2.13. The standard InChI is InChI=1S/C56H43NS/c1-56(2,3)43-30-26-38(27-31-43)42-29-33-51(49(36-42)40-18-8-5-9-19-40)57(44-32-35-54-50(37-44)47-23-14-15-25-53(47)58-54)52-34-28-41-20-10-11-22-46(41)55(52)48-24-13-12-21-45(48)39-16-6-4-7-17-39/h4-37H,1-3H3. The van der Waals surface area contributed by atoms with Gasteiger partial charge in [0.25, 0.3) is 0 Å². The topological polar surface area (TPSA) is 3.24 Å². The fraction of sp³-hybridized carbons (Fsp3) is 0.0714. The third-order valence-electron chi connectivity index (χ3n) is 11.5. The molecule has 10 aromatic rings. The highest BCUT2D eigenvalue weighted by Gasteiger charge is 2.25. The molecule has 0 bridgehead atoms. The molecule has 0 saturated heterocycles. The number of benzene rings is 9. The van der Waals surface area contributed by atoms with Crippen molar-refractivity contribution in [2.45, 2.75) is 26.2 Å². The van der Waals surface area contributed by atoms with E-state index in [4.69, 9.17) is 0 Å². The van der Waals surface area contributed by atoms with Gasteiger partial charge in [-0.05, 0) is 97.6 Å². The molecule has 2 heteroatoms. The molecule has 0 aliphatic heterocycles. The van der Waals surface area contributed by atoms with E-state index >= 15 is 0 Å². The predicted molar refractivity (Wildman–Crippen MR) is 252 cm³/mol. The number of hydrogen-bond acceptors (Lipinski definition) is 2. The van der Waals surface area contributed by atoms with Crippen molar-refractivity contribution in [1.82, 2.24) is 0 Å². The van der Waals surface area contributed by atoms with E-state index in [0.29, 0.717) is 0 Å². The summed E-state index contributed by atoms with van der Waals surface area (Å²) >= 11 is 1.86. The molecule has 0 amide bonds. The SMILES string of the molecule is CC(C)(C)c1ccc(-c2ccc(N(c3ccc4sc5ccccc5c4c3)c3ccc4ccccc4c3-c3ccccc3-c3ccccc3)c(-c3ccccc3)c2)cc1. The van der Waals surface area contributed by atoms with E-state index < -0.39 is 0 Å². The van der Waals surface area contributed by atoms with Crippen LogP contribution in [-0.2, 0) is 5.41 Å². The lowest BCUT2D eigenvalue weighted by atomic mass is 9.86. The van der Waals surface area contributed by atoms with E-state index in [0.717, 1.165) is 17.1 Å². The van der Waals surface area contributed by atoms with E-state index in [9.17, 15) is 0 Å². The van der Waals surface area contributed by atoms with Crippen molar-refractivity contribution in [3.05, 3.63) is 212 Å². The van der Waals surface area contributed by atoms with E-state index in [1.807, 2.05) is 11.3 Å². The minimum Gasteiger partial charge on any atom is -0.309 e. The Balaban J connectivity index is 1.28. The normalized spacial score (nSPS) is 11.7. The lowest BCUT2D eigenvalue weighted by molar-refractivity contribution is 0.590. The Labute approximate surface area is 345 Å². The van der Waals surface area contributed by atoms with Crippen LogP contribution in [0.3, 0.4) is 0 Å². The minimum atomic E-state index is 0.0870. The molecule has 0 fully saturated rings. The molecule has 58 heavy (non-hydrogen) atoms. The average Bonchev–Trinajstić information content (AvgIpc) is 3.65. The van der Waals surface area contributed by atoms with Gasteiger partial charge in [-0.1, -0.05) is 185 Å². The predicted octanol–water partition coefficient (Wildman–Crippen LogP) is 16.6. The first-order valence-electron chi connectivity index (χ1n) is 20.1. The molecule has 10 rings (SSSR count). The Morgan fingerprint density at radius 2 is 0.966 bits per heavy atom. The molecule has 278 valence electrons. The van der Waals surface area contributed by atoms with E-state index in [-0.39, 0.29) is 5.41 Å². The summed E-state index contributed by atoms with van der Waals surface area (Å²) in [7, 11) is 0. The van der Waals surface area contributed by atoms with Gasteiger partial charge in [-0.3, -0.25) is 0 Å². The van der Waals surface area contributed by atoms with Crippen LogP contribution in [0.2, 0.25) is 0 Å². The summed E-state index contributed by atoms with van der Waals surface area (Å²) < 4.78 is 2.59. The molecule has 1 nitrogen and oxygen atoms in total. The number of anilines is 3. The first-order chi connectivity index (χ1) is 28.4. The molecular formula is C56H43NS.